The van der Waals surface area contributed by atoms with Gasteiger partial charge >= 0.3 is 6.09 Å². The number of halogens is 1. The van der Waals surface area contributed by atoms with Crippen molar-refractivity contribution >= 4 is 41.7 Å². The van der Waals surface area contributed by atoms with Gasteiger partial charge in [0, 0.05) is 37.9 Å². The van der Waals surface area contributed by atoms with Gasteiger partial charge in [0.1, 0.15) is 0 Å². The minimum absolute atomic E-state index is 0. The fourth-order valence-electron chi connectivity index (χ4n) is 2.77. The Bertz CT molecular complexity index is 606. The number of guanidine groups is 1. The number of nitrogens with one attached hydrogen (secondary N) is 3. The van der Waals surface area contributed by atoms with Gasteiger partial charge in [-0.3, -0.25) is 10.2 Å². The summed E-state index contributed by atoms with van der Waals surface area (Å²) < 4.78 is 9.99. The van der Waals surface area contributed by atoms with Crippen LogP contribution in [0.5, 0.6) is 0 Å². The second kappa shape index (κ2) is 13.6. The standard InChI is InChI=1S/C19H31N5O3.HI/c1-4-20-18(21-13-15(2)24-9-11-27-12-10-24)22-14-16-5-7-17(8-6-16)23-19(25)26-3;/h5-8,15H,4,9-14H2,1-3H3,(H,23,25)(H2,20,21,22);1H. The SMILES string of the molecule is CCNC(=NCc1ccc(NC(=O)OC)cc1)NCC(C)N1CCOCC1.I. The van der Waals surface area contributed by atoms with Crippen molar-refractivity contribution in [3.8, 4) is 0 Å². The quantitative estimate of drug-likeness (QED) is 0.300. The third-order valence-electron chi connectivity index (χ3n) is 4.38. The highest BCUT2D eigenvalue weighted by molar-refractivity contribution is 14.0. The van der Waals surface area contributed by atoms with E-state index >= 15 is 0 Å². The van der Waals surface area contributed by atoms with E-state index in [9.17, 15) is 4.79 Å². The van der Waals surface area contributed by atoms with E-state index in [1.807, 2.05) is 24.3 Å². The van der Waals surface area contributed by atoms with Crippen molar-refractivity contribution in [2.45, 2.75) is 26.4 Å². The van der Waals surface area contributed by atoms with Crippen LogP contribution in [0.15, 0.2) is 29.3 Å². The first-order chi connectivity index (χ1) is 13.1. The van der Waals surface area contributed by atoms with Crippen LogP contribution in [0.2, 0.25) is 0 Å². The number of hydrogen-bond acceptors (Lipinski definition) is 5. The van der Waals surface area contributed by atoms with Crippen molar-refractivity contribution in [1.29, 1.82) is 0 Å². The Kier molecular flexibility index (Phi) is 11.8. The van der Waals surface area contributed by atoms with Crippen LogP contribution >= 0.6 is 24.0 Å². The van der Waals surface area contributed by atoms with Crippen LogP contribution in [0.1, 0.15) is 19.4 Å². The Morgan fingerprint density at radius 3 is 2.54 bits per heavy atom. The second-order valence-electron chi connectivity index (χ2n) is 6.39. The maximum Gasteiger partial charge on any atom is 0.411 e. The summed E-state index contributed by atoms with van der Waals surface area (Å²) in [6.45, 7) is 10.0. The number of ether oxygens (including phenoxy) is 2. The lowest BCUT2D eigenvalue weighted by atomic mass is 10.2. The van der Waals surface area contributed by atoms with E-state index in [1.165, 1.54) is 7.11 Å². The van der Waals surface area contributed by atoms with Crippen molar-refractivity contribution in [1.82, 2.24) is 15.5 Å². The molecule has 1 amide bonds. The first kappa shape index (κ1) is 24.4. The molecule has 8 nitrogen and oxygen atoms in total. The number of morpholine rings is 1. The predicted octanol–water partition coefficient (Wildman–Crippen LogP) is 2.26. The van der Waals surface area contributed by atoms with Gasteiger partial charge in [0.15, 0.2) is 5.96 Å². The Hall–Kier alpha value is -1.59. The van der Waals surface area contributed by atoms with Gasteiger partial charge in [0.05, 0.1) is 26.9 Å². The summed E-state index contributed by atoms with van der Waals surface area (Å²) in [6, 6.07) is 7.97. The van der Waals surface area contributed by atoms with E-state index in [-0.39, 0.29) is 24.0 Å². The normalized spacial score (nSPS) is 15.9. The lowest BCUT2D eigenvalue weighted by molar-refractivity contribution is 0.0211. The van der Waals surface area contributed by atoms with Crippen molar-refractivity contribution in [3.05, 3.63) is 29.8 Å². The lowest BCUT2D eigenvalue weighted by Gasteiger charge is -2.32. The van der Waals surface area contributed by atoms with Gasteiger partial charge in [-0.05, 0) is 31.5 Å². The smallest absolute Gasteiger partial charge is 0.411 e. The Morgan fingerprint density at radius 2 is 1.93 bits per heavy atom. The zero-order valence-corrected chi connectivity index (χ0v) is 19.2. The molecule has 0 aromatic heterocycles. The molecule has 0 radical (unpaired) electrons. The summed E-state index contributed by atoms with van der Waals surface area (Å²) in [5, 5.41) is 9.33. The average Bonchev–Trinajstić information content (AvgIpc) is 2.71. The third-order valence-corrected chi connectivity index (χ3v) is 4.38. The molecule has 1 aliphatic rings. The zero-order valence-electron chi connectivity index (χ0n) is 16.9. The highest BCUT2D eigenvalue weighted by Gasteiger charge is 2.16. The summed E-state index contributed by atoms with van der Waals surface area (Å²) in [4.78, 5) is 18.3. The lowest BCUT2D eigenvalue weighted by Crippen LogP contribution is -2.49. The van der Waals surface area contributed by atoms with E-state index in [2.05, 4.69) is 44.4 Å². The molecule has 0 bridgehead atoms. The van der Waals surface area contributed by atoms with Crippen molar-refractivity contribution < 1.29 is 14.3 Å². The van der Waals surface area contributed by atoms with Gasteiger partial charge < -0.3 is 20.1 Å². The summed E-state index contributed by atoms with van der Waals surface area (Å²) in [5.41, 5.74) is 1.75. The molecule has 1 aliphatic heterocycles. The molecule has 1 fully saturated rings. The molecule has 9 heteroatoms. The molecular weight excluding hydrogens is 473 g/mol. The fourth-order valence-corrected chi connectivity index (χ4v) is 2.77. The topological polar surface area (TPSA) is 87.2 Å². The van der Waals surface area contributed by atoms with Crippen LogP contribution in [-0.2, 0) is 16.0 Å². The minimum Gasteiger partial charge on any atom is -0.453 e. The largest absolute Gasteiger partial charge is 0.453 e. The summed E-state index contributed by atoms with van der Waals surface area (Å²) in [5.74, 6) is 0.800. The van der Waals surface area contributed by atoms with Crippen LogP contribution in [0.3, 0.4) is 0 Å². The fraction of sp³-hybridized carbons (Fsp3) is 0.579. The summed E-state index contributed by atoms with van der Waals surface area (Å²) >= 11 is 0. The summed E-state index contributed by atoms with van der Waals surface area (Å²) in [7, 11) is 1.34. The number of carbonyl (C=O) groups excluding carboxylic acids is 1. The van der Waals surface area contributed by atoms with E-state index in [0.29, 0.717) is 18.3 Å². The molecule has 1 aromatic carbocycles. The Morgan fingerprint density at radius 1 is 1.25 bits per heavy atom. The molecule has 1 saturated heterocycles. The zero-order chi connectivity index (χ0) is 19.5. The van der Waals surface area contributed by atoms with E-state index in [0.717, 1.165) is 50.9 Å². The van der Waals surface area contributed by atoms with Crippen LogP contribution in [-0.4, -0.2) is 69.5 Å². The Balaban J connectivity index is 0.00000392. The Labute approximate surface area is 184 Å². The molecule has 0 spiro atoms. The number of rotatable bonds is 7. The van der Waals surface area contributed by atoms with E-state index < -0.39 is 6.09 Å². The number of carbonyl (C=O) groups is 1. The third kappa shape index (κ3) is 8.61. The highest BCUT2D eigenvalue weighted by atomic mass is 127. The van der Waals surface area contributed by atoms with Crippen LogP contribution in [0.25, 0.3) is 0 Å². The van der Waals surface area contributed by atoms with Gasteiger partial charge in [-0.1, -0.05) is 12.1 Å². The number of anilines is 1. The average molecular weight is 505 g/mol. The molecule has 1 heterocycles. The van der Waals surface area contributed by atoms with Crippen molar-refractivity contribution in [2.75, 3.05) is 51.8 Å². The summed E-state index contributed by atoms with van der Waals surface area (Å²) in [6.07, 6.45) is -0.478. The van der Waals surface area contributed by atoms with Gasteiger partial charge in [-0.15, -0.1) is 24.0 Å². The molecule has 2 rings (SSSR count). The highest BCUT2D eigenvalue weighted by Crippen LogP contribution is 2.10. The molecule has 0 aliphatic carbocycles. The van der Waals surface area contributed by atoms with E-state index in [4.69, 9.17) is 4.74 Å². The van der Waals surface area contributed by atoms with Crippen LogP contribution in [0.4, 0.5) is 10.5 Å². The molecule has 0 saturated carbocycles. The number of aliphatic imine (C=N–C) groups is 1. The minimum atomic E-state index is -0.478. The molecular formula is C19H32IN5O3. The van der Waals surface area contributed by atoms with E-state index in [1.54, 1.807) is 0 Å². The number of amides is 1. The van der Waals surface area contributed by atoms with Crippen LogP contribution in [0, 0.1) is 0 Å². The number of benzene rings is 1. The van der Waals surface area contributed by atoms with Crippen LogP contribution < -0.4 is 16.0 Å². The van der Waals surface area contributed by atoms with Gasteiger partial charge in [-0.2, -0.15) is 0 Å². The molecule has 28 heavy (non-hydrogen) atoms. The van der Waals surface area contributed by atoms with Gasteiger partial charge in [0.25, 0.3) is 0 Å². The van der Waals surface area contributed by atoms with Gasteiger partial charge in [0.2, 0.25) is 0 Å². The van der Waals surface area contributed by atoms with Gasteiger partial charge in [-0.25, -0.2) is 9.79 Å². The van der Waals surface area contributed by atoms with Crippen molar-refractivity contribution in [2.24, 2.45) is 4.99 Å². The molecule has 1 unspecified atom stereocenters. The maximum absolute atomic E-state index is 11.2. The first-order valence-electron chi connectivity index (χ1n) is 9.40. The molecule has 158 valence electrons. The second-order valence-corrected chi connectivity index (χ2v) is 6.39. The number of nitrogens with zero attached hydrogens (tertiary/aromatic N) is 2. The van der Waals surface area contributed by atoms with Crippen molar-refractivity contribution in [3.63, 3.8) is 0 Å². The molecule has 1 aromatic rings. The monoisotopic (exact) mass is 505 g/mol. The number of hydrogen-bond donors (Lipinski definition) is 3. The predicted molar refractivity (Wildman–Crippen MR) is 123 cm³/mol. The first-order valence-corrected chi connectivity index (χ1v) is 9.40. The molecule has 1 atom stereocenters. The molecule has 3 N–H and O–H groups in total. The maximum atomic E-state index is 11.2. The number of methoxy groups -OCH3 is 1.